The zero-order valence-corrected chi connectivity index (χ0v) is 13.5. The van der Waals surface area contributed by atoms with E-state index in [1.807, 2.05) is 24.3 Å². The fourth-order valence-corrected chi connectivity index (χ4v) is 2.95. The van der Waals surface area contributed by atoms with Crippen LogP contribution >= 0.6 is 11.8 Å². The van der Waals surface area contributed by atoms with Gasteiger partial charge >= 0.3 is 5.97 Å². The number of anilines is 1. The van der Waals surface area contributed by atoms with Gasteiger partial charge in [0.15, 0.2) is 6.61 Å². The van der Waals surface area contributed by atoms with Crippen molar-refractivity contribution in [1.29, 1.82) is 5.26 Å². The monoisotopic (exact) mass is 330 g/mol. The zero-order chi connectivity index (χ0) is 16.5. The summed E-state index contributed by atoms with van der Waals surface area (Å²) in [6.45, 7) is -0.299. The van der Waals surface area contributed by atoms with Gasteiger partial charge in [-0.3, -0.25) is 9.59 Å². The summed E-state index contributed by atoms with van der Waals surface area (Å²) in [5.41, 5.74) is 0.618. The minimum absolute atomic E-state index is 0.230. The van der Waals surface area contributed by atoms with E-state index < -0.39 is 0 Å². The maximum absolute atomic E-state index is 11.9. The van der Waals surface area contributed by atoms with E-state index in [1.54, 1.807) is 12.1 Å². The van der Waals surface area contributed by atoms with Crippen molar-refractivity contribution in [3.63, 3.8) is 0 Å². The predicted octanol–water partition coefficient (Wildman–Crippen LogP) is 3.14. The van der Waals surface area contributed by atoms with E-state index in [4.69, 9.17) is 10.00 Å². The van der Waals surface area contributed by atoms with E-state index in [9.17, 15) is 9.59 Å². The molecule has 1 atom stereocenters. The number of hydrogen-bond acceptors (Lipinski definition) is 5. The Balaban J connectivity index is 1.79. The first-order valence-corrected chi connectivity index (χ1v) is 8.38. The molecule has 1 aliphatic carbocycles. The summed E-state index contributed by atoms with van der Waals surface area (Å²) in [6.07, 6.45) is 6.35. The molecule has 2 rings (SSSR count). The summed E-state index contributed by atoms with van der Waals surface area (Å²) in [7, 11) is 0. The van der Waals surface area contributed by atoms with Crippen molar-refractivity contribution in [2.24, 2.45) is 5.92 Å². The van der Waals surface area contributed by atoms with E-state index in [0.29, 0.717) is 17.9 Å². The van der Waals surface area contributed by atoms with Gasteiger partial charge in [0, 0.05) is 4.90 Å². The normalized spacial score (nSPS) is 15.9. The van der Waals surface area contributed by atoms with Crippen molar-refractivity contribution < 1.29 is 14.3 Å². The smallest absolute Gasteiger partial charge is 0.306 e. The molecule has 1 aromatic carbocycles. The molecule has 1 aromatic rings. The lowest BCUT2D eigenvalue weighted by Gasteiger charge is -2.11. The molecular weight excluding hydrogens is 312 g/mol. The summed E-state index contributed by atoms with van der Waals surface area (Å²) in [6, 6.07) is 9.26. The number of nitrogens with one attached hydrogen (secondary N) is 1. The fourth-order valence-electron chi connectivity index (χ4n) is 2.28. The van der Waals surface area contributed by atoms with Crippen molar-refractivity contribution in [3.8, 4) is 6.07 Å². The summed E-state index contributed by atoms with van der Waals surface area (Å²) in [4.78, 5) is 24.4. The predicted molar refractivity (Wildman–Crippen MR) is 88.8 cm³/mol. The van der Waals surface area contributed by atoms with Gasteiger partial charge in [0.25, 0.3) is 5.91 Å². The van der Waals surface area contributed by atoms with E-state index >= 15 is 0 Å². The first-order valence-electron chi connectivity index (χ1n) is 7.40. The van der Waals surface area contributed by atoms with Gasteiger partial charge in [-0.15, -0.1) is 11.8 Å². The van der Waals surface area contributed by atoms with E-state index in [-0.39, 0.29) is 24.4 Å². The van der Waals surface area contributed by atoms with Crippen LogP contribution < -0.4 is 5.32 Å². The van der Waals surface area contributed by atoms with Gasteiger partial charge in [0.2, 0.25) is 0 Å². The van der Waals surface area contributed by atoms with Crippen LogP contribution in [-0.4, -0.2) is 24.2 Å². The molecule has 0 heterocycles. The Hall–Kier alpha value is -2.26. The standard InChI is InChI=1S/C17H18N2O3S/c18-9-10-23-15-8-4-3-7-14(15)19-16(20)12-22-17(21)11-13-5-1-2-6-13/h1,3-5,7-8,13H,2,6,10-12H2,(H,19,20)/t13-/m1/s1. The van der Waals surface area contributed by atoms with E-state index in [2.05, 4.69) is 11.4 Å². The average Bonchev–Trinajstić information content (AvgIpc) is 3.05. The number of amides is 1. The van der Waals surface area contributed by atoms with E-state index in [0.717, 1.165) is 17.7 Å². The number of nitriles is 1. The third-order valence-corrected chi connectivity index (χ3v) is 4.30. The topological polar surface area (TPSA) is 79.2 Å². The quantitative estimate of drug-likeness (QED) is 0.472. The number of carbonyl (C=O) groups is 2. The highest BCUT2D eigenvalue weighted by Gasteiger charge is 2.16. The molecule has 0 saturated carbocycles. The third-order valence-electron chi connectivity index (χ3n) is 3.36. The molecule has 1 N–H and O–H groups in total. The molecule has 1 aliphatic rings. The molecule has 6 heteroatoms. The Morgan fingerprint density at radius 2 is 2.22 bits per heavy atom. The van der Waals surface area contributed by atoms with Crippen molar-refractivity contribution in [2.45, 2.75) is 24.2 Å². The number of thioether (sulfide) groups is 1. The van der Waals surface area contributed by atoms with Crippen LogP contribution in [0.5, 0.6) is 0 Å². The summed E-state index contributed by atoms with van der Waals surface area (Å²) in [5.74, 6) is -0.209. The Morgan fingerprint density at radius 3 is 2.96 bits per heavy atom. The number of hydrogen-bond donors (Lipinski definition) is 1. The van der Waals surface area contributed by atoms with E-state index in [1.165, 1.54) is 11.8 Å². The molecule has 0 spiro atoms. The number of carbonyl (C=O) groups excluding carboxylic acids is 2. The van der Waals surface area contributed by atoms with Crippen LogP contribution in [0.2, 0.25) is 0 Å². The first kappa shape index (κ1) is 17.1. The molecule has 0 radical (unpaired) electrons. The number of nitrogens with zero attached hydrogens (tertiary/aromatic N) is 1. The summed E-state index contributed by atoms with van der Waals surface area (Å²) in [5, 5.41) is 11.4. The van der Waals surface area contributed by atoms with Gasteiger partial charge in [-0.05, 0) is 30.9 Å². The molecule has 0 aromatic heterocycles. The van der Waals surface area contributed by atoms with Crippen LogP contribution in [0.1, 0.15) is 19.3 Å². The highest BCUT2D eigenvalue weighted by molar-refractivity contribution is 7.99. The number of para-hydroxylation sites is 1. The molecule has 0 bridgehead atoms. The third kappa shape index (κ3) is 5.80. The Kier molecular flexibility index (Phi) is 6.70. The molecular formula is C17H18N2O3S. The van der Waals surface area contributed by atoms with Gasteiger partial charge in [-0.1, -0.05) is 24.3 Å². The second-order valence-corrected chi connectivity index (χ2v) is 6.14. The van der Waals surface area contributed by atoms with Crippen LogP contribution in [-0.2, 0) is 14.3 Å². The lowest BCUT2D eigenvalue weighted by molar-refractivity contribution is -0.147. The molecule has 0 unspecified atom stereocenters. The van der Waals surface area contributed by atoms with Crippen molar-refractivity contribution in [1.82, 2.24) is 0 Å². The number of allylic oxidation sites excluding steroid dienone is 2. The van der Waals surface area contributed by atoms with Crippen LogP contribution in [0.25, 0.3) is 0 Å². The molecule has 1 amide bonds. The first-order chi connectivity index (χ1) is 11.2. The van der Waals surface area contributed by atoms with Gasteiger partial charge in [0.1, 0.15) is 0 Å². The Morgan fingerprint density at radius 1 is 1.39 bits per heavy atom. The van der Waals surface area contributed by atoms with Crippen molar-refractivity contribution in [3.05, 3.63) is 36.4 Å². The molecule has 0 saturated heterocycles. The molecule has 120 valence electrons. The maximum atomic E-state index is 11.9. The Labute approximate surface area is 139 Å². The van der Waals surface area contributed by atoms with Gasteiger partial charge < -0.3 is 10.1 Å². The summed E-state index contributed by atoms with van der Waals surface area (Å²) < 4.78 is 5.01. The van der Waals surface area contributed by atoms with Crippen LogP contribution in [0, 0.1) is 17.2 Å². The highest BCUT2D eigenvalue weighted by atomic mass is 32.2. The largest absolute Gasteiger partial charge is 0.456 e. The number of rotatable bonds is 7. The summed E-state index contributed by atoms with van der Waals surface area (Å²) >= 11 is 1.34. The molecule has 0 aliphatic heterocycles. The average molecular weight is 330 g/mol. The second kappa shape index (κ2) is 9.01. The maximum Gasteiger partial charge on any atom is 0.306 e. The minimum Gasteiger partial charge on any atom is -0.456 e. The lowest BCUT2D eigenvalue weighted by atomic mass is 10.1. The second-order valence-electron chi connectivity index (χ2n) is 5.12. The van der Waals surface area contributed by atoms with Gasteiger partial charge in [-0.25, -0.2) is 0 Å². The van der Waals surface area contributed by atoms with Crippen LogP contribution in [0.3, 0.4) is 0 Å². The number of ether oxygens (including phenoxy) is 1. The van der Waals surface area contributed by atoms with Gasteiger partial charge in [0.05, 0.1) is 23.9 Å². The number of esters is 1. The molecule has 0 fully saturated rings. The minimum atomic E-state index is -0.384. The van der Waals surface area contributed by atoms with Crippen LogP contribution in [0.15, 0.2) is 41.3 Å². The molecule has 23 heavy (non-hydrogen) atoms. The van der Waals surface area contributed by atoms with Crippen LogP contribution in [0.4, 0.5) is 5.69 Å². The SMILES string of the molecule is N#CCSc1ccccc1NC(=O)COC(=O)C[C@@H]1C=CCC1. The lowest BCUT2D eigenvalue weighted by Crippen LogP contribution is -2.21. The van der Waals surface area contributed by atoms with Crippen molar-refractivity contribution in [2.75, 3.05) is 17.7 Å². The fraction of sp³-hybridized carbons (Fsp3) is 0.353. The van der Waals surface area contributed by atoms with Crippen molar-refractivity contribution >= 4 is 29.3 Å². The zero-order valence-electron chi connectivity index (χ0n) is 12.7. The van der Waals surface area contributed by atoms with Gasteiger partial charge in [-0.2, -0.15) is 5.26 Å². The molecule has 5 nitrogen and oxygen atoms in total. The Bertz CT molecular complexity index is 637. The number of benzene rings is 1. The highest BCUT2D eigenvalue weighted by Crippen LogP contribution is 2.26.